The molecule has 0 amide bonds. The van der Waals surface area contributed by atoms with Crippen molar-refractivity contribution in [3.8, 4) is 22.5 Å². The smallest absolute Gasteiger partial charge is 0.345 e. The molecule has 28 heavy (non-hydrogen) atoms. The van der Waals surface area contributed by atoms with Gasteiger partial charge in [0.1, 0.15) is 0 Å². The maximum absolute atomic E-state index is 12.2. The highest BCUT2D eigenvalue weighted by Crippen LogP contribution is 2.45. The van der Waals surface area contributed by atoms with Gasteiger partial charge in [-0.1, -0.05) is 53.7 Å². The molecule has 136 valence electrons. The van der Waals surface area contributed by atoms with Gasteiger partial charge in [-0.15, -0.1) is 0 Å². The minimum Gasteiger partial charge on any atom is -0.354 e. The van der Waals surface area contributed by atoms with E-state index in [1.54, 1.807) is 23.9 Å². The standard InChI is InChI=1S/C22H14ClN3OS/c23-15-8-5-13(6-9-15)17-12-18(26-22(27)25-17)14-7-10-21-19(11-14)24-16-3-1-2-4-20(16)28-21/h1-12,24H,(H,25,26,27). The van der Waals surface area contributed by atoms with Gasteiger partial charge in [-0.25, -0.2) is 4.79 Å². The van der Waals surface area contributed by atoms with Crippen LogP contribution in [0.4, 0.5) is 11.4 Å². The summed E-state index contributed by atoms with van der Waals surface area (Å²) >= 11 is 7.70. The molecule has 4 nitrogen and oxygen atoms in total. The first-order valence-corrected chi connectivity index (χ1v) is 9.91. The molecule has 6 heteroatoms. The number of benzene rings is 3. The third-order valence-electron chi connectivity index (χ3n) is 4.55. The van der Waals surface area contributed by atoms with E-state index in [-0.39, 0.29) is 5.69 Å². The zero-order valence-corrected chi connectivity index (χ0v) is 16.1. The maximum Gasteiger partial charge on any atom is 0.345 e. The van der Waals surface area contributed by atoms with Crippen LogP contribution in [0.1, 0.15) is 0 Å². The van der Waals surface area contributed by atoms with Gasteiger partial charge in [0.05, 0.1) is 22.8 Å². The molecule has 1 aliphatic heterocycles. The highest BCUT2D eigenvalue weighted by molar-refractivity contribution is 7.99. The molecule has 0 spiro atoms. The van der Waals surface area contributed by atoms with Gasteiger partial charge in [0, 0.05) is 20.4 Å². The van der Waals surface area contributed by atoms with Gasteiger partial charge in [0.25, 0.3) is 0 Å². The van der Waals surface area contributed by atoms with Gasteiger partial charge < -0.3 is 10.3 Å². The lowest BCUT2D eigenvalue weighted by atomic mass is 10.1. The Hall–Kier alpha value is -3.02. The molecule has 1 aliphatic rings. The minimum absolute atomic E-state index is 0.382. The number of rotatable bonds is 2. The van der Waals surface area contributed by atoms with Gasteiger partial charge in [0.2, 0.25) is 0 Å². The molecular formula is C22H14ClN3OS. The van der Waals surface area contributed by atoms with Gasteiger partial charge in [0.15, 0.2) is 0 Å². The molecule has 5 rings (SSSR count). The number of hydrogen-bond donors (Lipinski definition) is 2. The molecular weight excluding hydrogens is 390 g/mol. The van der Waals surface area contributed by atoms with Crippen molar-refractivity contribution < 1.29 is 0 Å². The average molecular weight is 404 g/mol. The molecule has 0 aliphatic carbocycles. The summed E-state index contributed by atoms with van der Waals surface area (Å²) in [6, 6.07) is 23.5. The highest BCUT2D eigenvalue weighted by Gasteiger charge is 2.16. The number of halogens is 1. The molecule has 0 atom stereocenters. The molecule has 2 N–H and O–H groups in total. The van der Waals surface area contributed by atoms with Crippen LogP contribution in [0.5, 0.6) is 0 Å². The number of para-hydroxylation sites is 1. The molecule has 4 aromatic rings. The highest BCUT2D eigenvalue weighted by atomic mass is 35.5. The second-order valence-corrected chi connectivity index (χ2v) is 7.95. The van der Waals surface area contributed by atoms with Gasteiger partial charge >= 0.3 is 5.69 Å². The van der Waals surface area contributed by atoms with Gasteiger partial charge in [-0.2, -0.15) is 4.98 Å². The molecule has 2 heterocycles. The number of aromatic nitrogens is 2. The fourth-order valence-electron chi connectivity index (χ4n) is 3.19. The maximum atomic E-state index is 12.2. The van der Waals surface area contributed by atoms with E-state index in [2.05, 4.69) is 33.5 Å². The number of nitrogens with zero attached hydrogens (tertiary/aromatic N) is 1. The SMILES string of the molecule is O=c1nc(-c2ccc3c(c2)Nc2ccccc2S3)cc(-c2ccc(Cl)cc2)[nH]1. The fourth-order valence-corrected chi connectivity index (χ4v) is 4.28. The minimum atomic E-state index is -0.382. The molecule has 0 saturated heterocycles. The quantitative estimate of drug-likeness (QED) is 0.381. The van der Waals surface area contributed by atoms with Crippen molar-refractivity contribution in [2.24, 2.45) is 0 Å². The van der Waals surface area contributed by atoms with E-state index in [9.17, 15) is 4.79 Å². The van der Waals surface area contributed by atoms with Crippen LogP contribution in [0.3, 0.4) is 0 Å². The number of fused-ring (bicyclic) bond motifs is 2. The van der Waals surface area contributed by atoms with Crippen molar-refractivity contribution >= 4 is 34.7 Å². The number of H-pyrrole nitrogens is 1. The number of nitrogens with one attached hydrogen (secondary N) is 2. The van der Waals surface area contributed by atoms with E-state index in [1.165, 1.54) is 4.90 Å². The Kier molecular flexibility index (Phi) is 4.19. The predicted octanol–water partition coefficient (Wildman–Crippen LogP) is 5.97. The van der Waals surface area contributed by atoms with Crippen LogP contribution >= 0.6 is 23.4 Å². The third-order valence-corrected chi connectivity index (χ3v) is 5.96. The lowest BCUT2D eigenvalue weighted by molar-refractivity contribution is 1.08. The average Bonchev–Trinajstić information content (AvgIpc) is 2.72. The molecule has 0 radical (unpaired) electrons. The topological polar surface area (TPSA) is 57.8 Å². The van der Waals surface area contributed by atoms with Gasteiger partial charge in [-0.05, 0) is 48.0 Å². The van der Waals surface area contributed by atoms with Crippen LogP contribution in [0.15, 0.2) is 87.4 Å². The van der Waals surface area contributed by atoms with E-state index in [0.717, 1.165) is 27.4 Å². The second-order valence-electron chi connectivity index (χ2n) is 6.43. The van der Waals surface area contributed by atoms with Crippen LogP contribution in [0.25, 0.3) is 22.5 Å². The number of anilines is 2. The van der Waals surface area contributed by atoms with Crippen molar-refractivity contribution in [3.05, 3.63) is 88.3 Å². The Morgan fingerprint density at radius 1 is 0.821 bits per heavy atom. The summed E-state index contributed by atoms with van der Waals surface area (Å²) in [5, 5.41) is 4.12. The zero-order chi connectivity index (χ0) is 19.1. The van der Waals surface area contributed by atoms with Crippen molar-refractivity contribution in [2.45, 2.75) is 9.79 Å². The van der Waals surface area contributed by atoms with Crippen molar-refractivity contribution in [2.75, 3.05) is 5.32 Å². The Bertz CT molecular complexity index is 1250. The van der Waals surface area contributed by atoms with Crippen LogP contribution in [0, 0.1) is 0 Å². The first-order chi connectivity index (χ1) is 13.7. The molecule has 3 aromatic carbocycles. The van der Waals surface area contributed by atoms with E-state index in [1.807, 2.05) is 42.5 Å². The molecule has 0 unspecified atom stereocenters. The first-order valence-electron chi connectivity index (χ1n) is 8.71. The Morgan fingerprint density at radius 2 is 1.57 bits per heavy atom. The predicted molar refractivity (Wildman–Crippen MR) is 115 cm³/mol. The number of aromatic amines is 1. The van der Waals surface area contributed by atoms with E-state index in [4.69, 9.17) is 11.6 Å². The zero-order valence-electron chi connectivity index (χ0n) is 14.6. The Morgan fingerprint density at radius 3 is 2.43 bits per heavy atom. The number of hydrogen-bond acceptors (Lipinski definition) is 4. The van der Waals surface area contributed by atoms with E-state index < -0.39 is 0 Å². The van der Waals surface area contributed by atoms with Crippen molar-refractivity contribution in [1.29, 1.82) is 0 Å². The molecule has 1 aromatic heterocycles. The lowest BCUT2D eigenvalue weighted by Crippen LogP contribution is -2.12. The molecule has 0 fully saturated rings. The summed E-state index contributed by atoms with van der Waals surface area (Å²) < 4.78 is 0. The third kappa shape index (κ3) is 3.19. The Labute approximate surface area is 170 Å². The Balaban J connectivity index is 1.56. The monoisotopic (exact) mass is 403 g/mol. The summed E-state index contributed by atoms with van der Waals surface area (Å²) in [4.78, 5) is 21.5. The summed E-state index contributed by atoms with van der Waals surface area (Å²) in [7, 11) is 0. The lowest BCUT2D eigenvalue weighted by Gasteiger charge is -2.21. The fraction of sp³-hybridized carbons (Fsp3) is 0. The summed E-state index contributed by atoms with van der Waals surface area (Å²) in [6.07, 6.45) is 0. The van der Waals surface area contributed by atoms with Crippen molar-refractivity contribution in [3.63, 3.8) is 0 Å². The van der Waals surface area contributed by atoms with Crippen molar-refractivity contribution in [1.82, 2.24) is 9.97 Å². The van der Waals surface area contributed by atoms with Crippen LogP contribution in [-0.2, 0) is 0 Å². The van der Waals surface area contributed by atoms with Crippen LogP contribution < -0.4 is 11.0 Å². The van der Waals surface area contributed by atoms with E-state index in [0.29, 0.717) is 16.4 Å². The second kappa shape index (κ2) is 6.86. The normalized spacial score (nSPS) is 12.0. The summed E-state index contributed by atoms with van der Waals surface area (Å²) in [5.41, 5.74) is 4.81. The summed E-state index contributed by atoms with van der Waals surface area (Å²) in [6.45, 7) is 0. The molecule has 0 bridgehead atoms. The summed E-state index contributed by atoms with van der Waals surface area (Å²) in [5.74, 6) is 0. The van der Waals surface area contributed by atoms with Gasteiger partial charge in [-0.3, -0.25) is 0 Å². The van der Waals surface area contributed by atoms with Crippen LogP contribution in [0.2, 0.25) is 5.02 Å². The molecule has 0 saturated carbocycles. The first kappa shape index (κ1) is 17.1. The van der Waals surface area contributed by atoms with E-state index >= 15 is 0 Å². The van der Waals surface area contributed by atoms with Crippen LogP contribution in [-0.4, -0.2) is 9.97 Å². The largest absolute Gasteiger partial charge is 0.354 e.